The summed E-state index contributed by atoms with van der Waals surface area (Å²) in [4.78, 5) is 15.6. The molecule has 0 saturated heterocycles. The van der Waals surface area contributed by atoms with E-state index in [1.165, 1.54) is 0 Å². The van der Waals surface area contributed by atoms with Crippen molar-refractivity contribution in [1.29, 1.82) is 0 Å². The molecule has 4 nitrogen and oxygen atoms in total. The SMILES string of the molecule is CC(C)C[C@@H](NCc1cccc2cccnc12)C(=O)O. The summed E-state index contributed by atoms with van der Waals surface area (Å²) in [6, 6.07) is 9.35. The summed E-state index contributed by atoms with van der Waals surface area (Å²) in [5.41, 5.74) is 1.95. The van der Waals surface area contributed by atoms with Gasteiger partial charge in [0.1, 0.15) is 6.04 Å². The van der Waals surface area contributed by atoms with Gasteiger partial charge in [-0.1, -0.05) is 38.1 Å². The third-order valence-corrected chi connectivity index (χ3v) is 3.26. The van der Waals surface area contributed by atoms with Gasteiger partial charge in [0.15, 0.2) is 0 Å². The van der Waals surface area contributed by atoms with Gasteiger partial charge in [0.05, 0.1) is 5.52 Å². The van der Waals surface area contributed by atoms with Crippen molar-refractivity contribution in [2.45, 2.75) is 32.9 Å². The van der Waals surface area contributed by atoms with Crippen LogP contribution >= 0.6 is 0 Å². The average molecular weight is 272 g/mol. The molecule has 0 aliphatic heterocycles. The number of benzene rings is 1. The van der Waals surface area contributed by atoms with Crippen LogP contribution in [0.1, 0.15) is 25.8 Å². The Morgan fingerprint density at radius 1 is 1.30 bits per heavy atom. The minimum atomic E-state index is -0.799. The van der Waals surface area contributed by atoms with Crippen molar-refractivity contribution >= 4 is 16.9 Å². The van der Waals surface area contributed by atoms with E-state index in [-0.39, 0.29) is 0 Å². The zero-order valence-corrected chi connectivity index (χ0v) is 11.8. The molecule has 1 atom stereocenters. The second-order valence-electron chi connectivity index (χ2n) is 5.39. The number of aromatic nitrogens is 1. The molecule has 0 spiro atoms. The molecular formula is C16H20N2O2. The van der Waals surface area contributed by atoms with Crippen LogP contribution in [-0.2, 0) is 11.3 Å². The predicted molar refractivity (Wildman–Crippen MR) is 79.5 cm³/mol. The van der Waals surface area contributed by atoms with Gasteiger partial charge in [0, 0.05) is 18.1 Å². The highest BCUT2D eigenvalue weighted by Gasteiger charge is 2.18. The van der Waals surface area contributed by atoms with E-state index in [2.05, 4.69) is 10.3 Å². The van der Waals surface area contributed by atoms with Crippen LogP contribution in [0.5, 0.6) is 0 Å². The molecular weight excluding hydrogens is 252 g/mol. The van der Waals surface area contributed by atoms with Gasteiger partial charge in [0.25, 0.3) is 0 Å². The summed E-state index contributed by atoms with van der Waals surface area (Å²) in [6.07, 6.45) is 2.38. The minimum Gasteiger partial charge on any atom is -0.480 e. The summed E-state index contributed by atoms with van der Waals surface area (Å²) in [5.74, 6) is -0.457. The zero-order valence-electron chi connectivity index (χ0n) is 11.8. The van der Waals surface area contributed by atoms with Gasteiger partial charge in [-0.25, -0.2) is 0 Å². The highest BCUT2D eigenvalue weighted by Crippen LogP contribution is 2.16. The highest BCUT2D eigenvalue weighted by atomic mass is 16.4. The van der Waals surface area contributed by atoms with Gasteiger partial charge >= 0.3 is 5.97 Å². The Labute approximate surface area is 118 Å². The zero-order chi connectivity index (χ0) is 14.5. The summed E-state index contributed by atoms with van der Waals surface area (Å²) in [6.45, 7) is 4.56. The normalized spacial score (nSPS) is 12.8. The van der Waals surface area contributed by atoms with E-state index in [1.807, 2.05) is 44.2 Å². The van der Waals surface area contributed by atoms with Crippen LogP contribution in [-0.4, -0.2) is 22.1 Å². The molecule has 0 fully saturated rings. The van der Waals surface area contributed by atoms with E-state index in [1.54, 1.807) is 6.20 Å². The number of fused-ring (bicyclic) bond motifs is 1. The van der Waals surface area contributed by atoms with Crippen LogP contribution in [0.2, 0.25) is 0 Å². The molecule has 106 valence electrons. The fraction of sp³-hybridized carbons (Fsp3) is 0.375. The summed E-state index contributed by atoms with van der Waals surface area (Å²) in [5, 5.41) is 13.4. The van der Waals surface area contributed by atoms with Gasteiger partial charge in [-0.15, -0.1) is 0 Å². The molecule has 0 unspecified atom stereocenters. The number of para-hydroxylation sites is 1. The Morgan fingerprint density at radius 2 is 2.05 bits per heavy atom. The van der Waals surface area contributed by atoms with Crippen molar-refractivity contribution in [3.8, 4) is 0 Å². The Bertz CT molecular complexity index is 591. The smallest absolute Gasteiger partial charge is 0.320 e. The minimum absolute atomic E-state index is 0.342. The van der Waals surface area contributed by atoms with Crippen molar-refractivity contribution < 1.29 is 9.90 Å². The van der Waals surface area contributed by atoms with Gasteiger partial charge in [-0.3, -0.25) is 9.78 Å². The first kappa shape index (κ1) is 14.5. The number of nitrogens with one attached hydrogen (secondary N) is 1. The molecule has 1 aromatic heterocycles. The standard InChI is InChI=1S/C16H20N2O2/c1-11(2)9-14(16(19)20)18-10-13-6-3-5-12-7-4-8-17-15(12)13/h3-8,11,14,18H,9-10H2,1-2H3,(H,19,20)/t14-/m1/s1. The largest absolute Gasteiger partial charge is 0.480 e. The number of carboxylic acid groups (broad SMARTS) is 1. The molecule has 0 amide bonds. The lowest BCUT2D eigenvalue weighted by molar-refractivity contribution is -0.140. The third-order valence-electron chi connectivity index (χ3n) is 3.26. The van der Waals surface area contributed by atoms with Crippen LogP contribution < -0.4 is 5.32 Å². The number of nitrogens with zero attached hydrogens (tertiary/aromatic N) is 1. The second kappa shape index (κ2) is 6.48. The number of carboxylic acids is 1. The lowest BCUT2D eigenvalue weighted by atomic mass is 10.0. The predicted octanol–water partition coefficient (Wildman–Crippen LogP) is 2.82. The van der Waals surface area contributed by atoms with Crippen LogP contribution in [0.25, 0.3) is 10.9 Å². The van der Waals surface area contributed by atoms with Crippen LogP contribution in [0.15, 0.2) is 36.5 Å². The van der Waals surface area contributed by atoms with E-state index in [9.17, 15) is 9.90 Å². The molecule has 4 heteroatoms. The Hall–Kier alpha value is -1.94. The summed E-state index contributed by atoms with van der Waals surface area (Å²) in [7, 11) is 0. The van der Waals surface area contributed by atoms with Crippen molar-refractivity contribution in [2.24, 2.45) is 5.92 Å². The molecule has 2 N–H and O–H groups in total. The average Bonchev–Trinajstić information content (AvgIpc) is 2.42. The first-order valence-electron chi connectivity index (χ1n) is 6.86. The Kier molecular flexibility index (Phi) is 4.69. The number of hydrogen-bond acceptors (Lipinski definition) is 3. The number of aliphatic carboxylic acids is 1. The van der Waals surface area contributed by atoms with Crippen LogP contribution in [0.4, 0.5) is 0 Å². The van der Waals surface area contributed by atoms with Crippen molar-refractivity contribution in [3.05, 3.63) is 42.1 Å². The van der Waals surface area contributed by atoms with E-state index in [0.29, 0.717) is 18.9 Å². The lowest BCUT2D eigenvalue weighted by Crippen LogP contribution is -2.37. The number of hydrogen-bond donors (Lipinski definition) is 2. The summed E-state index contributed by atoms with van der Waals surface area (Å²) >= 11 is 0. The maximum Gasteiger partial charge on any atom is 0.320 e. The van der Waals surface area contributed by atoms with Crippen LogP contribution in [0.3, 0.4) is 0 Å². The molecule has 20 heavy (non-hydrogen) atoms. The van der Waals surface area contributed by atoms with Crippen molar-refractivity contribution in [1.82, 2.24) is 10.3 Å². The molecule has 2 rings (SSSR count). The molecule has 1 heterocycles. The second-order valence-corrected chi connectivity index (χ2v) is 5.39. The topological polar surface area (TPSA) is 62.2 Å². The highest BCUT2D eigenvalue weighted by molar-refractivity contribution is 5.81. The fourth-order valence-electron chi connectivity index (χ4n) is 2.29. The third kappa shape index (κ3) is 3.54. The first-order chi connectivity index (χ1) is 9.58. The Balaban J connectivity index is 2.13. The number of pyridine rings is 1. The van der Waals surface area contributed by atoms with Crippen LogP contribution in [0, 0.1) is 5.92 Å². The van der Waals surface area contributed by atoms with Gasteiger partial charge in [-0.05, 0) is 24.0 Å². The van der Waals surface area contributed by atoms with Crippen molar-refractivity contribution in [2.75, 3.05) is 0 Å². The maximum atomic E-state index is 11.2. The van der Waals surface area contributed by atoms with E-state index in [0.717, 1.165) is 16.5 Å². The molecule has 1 aromatic carbocycles. The molecule has 0 aliphatic carbocycles. The maximum absolute atomic E-state index is 11.2. The lowest BCUT2D eigenvalue weighted by Gasteiger charge is -2.17. The quantitative estimate of drug-likeness (QED) is 0.849. The molecule has 0 aliphatic rings. The van der Waals surface area contributed by atoms with Gasteiger partial charge < -0.3 is 10.4 Å². The number of carbonyl (C=O) groups is 1. The molecule has 0 radical (unpaired) electrons. The summed E-state index contributed by atoms with van der Waals surface area (Å²) < 4.78 is 0. The molecule has 2 aromatic rings. The van der Waals surface area contributed by atoms with E-state index >= 15 is 0 Å². The van der Waals surface area contributed by atoms with Gasteiger partial charge in [-0.2, -0.15) is 0 Å². The molecule has 0 bridgehead atoms. The first-order valence-corrected chi connectivity index (χ1v) is 6.86. The van der Waals surface area contributed by atoms with Gasteiger partial charge in [0.2, 0.25) is 0 Å². The van der Waals surface area contributed by atoms with Crippen molar-refractivity contribution in [3.63, 3.8) is 0 Å². The number of rotatable bonds is 6. The van der Waals surface area contributed by atoms with E-state index < -0.39 is 12.0 Å². The fourth-order valence-corrected chi connectivity index (χ4v) is 2.29. The Morgan fingerprint density at radius 3 is 2.75 bits per heavy atom. The monoisotopic (exact) mass is 272 g/mol. The van der Waals surface area contributed by atoms with E-state index in [4.69, 9.17) is 0 Å². The molecule has 0 saturated carbocycles.